The number of benzene rings is 1. The predicted molar refractivity (Wildman–Crippen MR) is 68.4 cm³/mol. The maximum absolute atomic E-state index is 11.8. The van der Waals surface area contributed by atoms with Crippen molar-refractivity contribution in [1.29, 1.82) is 0 Å². The summed E-state index contributed by atoms with van der Waals surface area (Å²) in [6.07, 6.45) is 0.393. The second-order valence-corrected chi connectivity index (χ2v) is 4.16. The van der Waals surface area contributed by atoms with E-state index in [9.17, 15) is 4.79 Å². The zero-order chi connectivity index (χ0) is 12.8. The number of nitrogens with two attached hydrogens (primary N) is 1. The number of anilines is 1. The van der Waals surface area contributed by atoms with Crippen molar-refractivity contribution in [1.82, 2.24) is 4.90 Å². The largest absolute Gasteiger partial charge is 0.493 e. The standard InChI is InChI=1S/C13H18N2O3/c14-11-1-3-12(4-2-11)18-8-5-13(16)15-6-9-17-10-7-15/h1-4H,5-10,14H2. The maximum Gasteiger partial charge on any atom is 0.226 e. The molecule has 1 fully saturated rings. The number of nitrogen functional groups attached to an aromatic ring is 1. The lowest BCUT2D eigenvalue weighted by atomic mass is 10.3. The lowest BCUT2D eigenvalue weighted by Gasteiger charge is -2.26. The molecule has 1 aromatic carbocycles. The molecule has 0 aromatic heterocycles. The molecule has 2 N–H and O–H groups in total. The van der Waals surface area contributed by atoms with E-state index in [1.807, 2.05) is 4.90 Å². The summed E-state index contributed by atoms with van der Waals surface area (Å²) in [6, 6.07) is 7.15. The first-order chi connectivity index (χ1) is 8.75. The van der Waals surface area contributed by atoms with Gasteiger partial charge >= 0.3 is 0 Å². The van der Waals surface area contributed by atoms with Crippen LogP contribution in [0.25, 0.3) is 0 Å². The van der Waals surface area contributed by atoms with Crippen LogP contribution in [0.15, 0.2) is 24.3 Å². The topological polar surface area (TPSA) is 64.8 Å². The van der Waals surface area contributed by atoms with Crippen molar-refractivity contribution < 1.29 is 14.3 Å². The fourth-order valence-corrected chi connectivity index (χ4v) is 1.79. The Bertz CT molecular complexity index is 386. The SMILES string of the molecule is Nc1ccc(OCCC(=O)N2CCOCC2)cc1. The first-order valence-corrected chi connectivity index (χ1v) is 6.09. The molecule has 1 aromatic rings. The number of amides is 1. The molecule has 2 rings (SSSR count). The van der Waals surface area contributed by atoms with Crippen LogP contribution in [0.2, 0.25) is 0 Å². The summed E-state index contributed by atoms with van der Waals surface area (Å²) in [5, 5.41) is 0. The molecule has 5 nitrogen and oxygen atoms in total. The van der Waals surface area contributed by atoms with Crippen LogP contribution in [-0.4, -0.2) is 43.7 Å². The molecule has 1 aliphatic heterocycles. The number of hydrogen-bond acceptors (Lipinski definition) is 4. The van der Waals surface area contributed by atoms with Gasteiger partial charge in [-0.2, -0.15) is 0 Å². The Kier molecular flexibility index (Phi) is 4.41. The summed E-state index contributed by atoms with van der Waals surface area (Å²) < 4.78 is 10.7. The molecule has 1 amide bonds. The van der Waals surface area contributed by atoms with Gasteiger partial charge in [0, 0.05) is 18.8 Å². The number of nitrogens with zero attached hydrogens (tertiary/aromatic N) is 1. The van der Waals surface area contributed by atoms with Gasteiger partial charge in [-0.25, -0.2) is 0 Å². The van der Waals surface area contributed by atoms with Crippen LogP contribution in [0, 0.1) is 0 Å². The van der Waals surface area contributed by atoms with E-state index < -0.39 is 0 Å². The second-order valence-electron chi connectivity index (χ2n) is 4.16. The van der Waals surface area contributed by atoms with Crippen molar-refractivity contribution in [3.63, 3.8) is 0 Å². The number of ether oxygens (including phenoxy) is 2. The predicted octanol–water partition coefficient (Wildman–Crippen LogP) is 0.896. The molecule has 0 atom stereocenters. The van der Waals surface area contributed by atoms with Gasteiger partial charge in [0.25, 0.3) is 0 Å². The smallest absolute Gasteiger partial charge is 0.226 e. The fourth-order valence-electron chi connectivity index (χ4n) is 1.79. The zero-order valence-corrected chi connectivity index (χ0v) is 10.3. The van der Waals surface area contributed by atoms with Crippen LogP contribution < -0.4 is 10.5 Å². The number of carbonyl (C=O) groups is 1. The van der Waals surface area contributed by atoms with Crippen molar-refractivity contribution in [2.45, 2.75) is 6.42 Å². The van der Waals surface area contributed by atoms with Crippen molar-refractivity contribution in [2.75, 3.05) is 38.6 Å². The molecule has 0 saturated carbocycles. The minimum atomic E-state index is 0.119. The van der Waals surface area contributed by atoms with Crippen molar-refractivity contribution in [3.8, 4) is 5.75 Å². The average molecular weight is 250 g/mol. The van der Waals surface area contributed by atoms with Crippen LogP contribution >= 0.6 is 0 Å². The second kappa shape index (κ2) is 6.26. The summed E-state index contributed by atoms with van der Waals surface area (Å²) in [5.74, 6) is 0.854. The molecular weight excluding hydrogens is 232 g/mol. The summed E-state index contributed by atoms with van der Waals surface area (Å²) in [4.78, 5) is 13.6. The minimum absolute atomic E-state index is 0.119. The third-order valence-corrected chi connectivity index (χ3v) is 2.83. The highest BCUT2D eigenvalue weighted by Crippen LogP contribution is 2.13. The van der Waals surface area contributed by atoms with E-state index in [2.05, 4.69) is 0 Å². The minimum Gasteiger partial charge on any atom is -0.493 e. The number of morpholine rings is 1. The summed E-state index contributed by atoms with van der Waals surface area (Å²) in [6.45, 7) is 3.01. The normalized spacial score (nSPS) is 15.4. The molecule has 5 heteroatoms. The molecule has 18 heavy (non-hydrogen) atoms. The first-order valence-electron chi connectivity index (χ1n) is 6.09. The fraction of sp³-hybridized carbons (Fsp3) is 0.462. The lowest BCUT2D eigenvalue weighted by molar-refractivity contribution is -0.135. The Hall–Kier alpha value is -1.75. The molecule has 0 spiro atoms. The van der Waals surface area contributed by atoms with Crippen molar-refractivity contribution in [2.24, 2.45) is 0 Å². The molecule has 98 valence electrons. The third-order valence-electron chi connectivity index (χ3n) is 2.83. The van der Waals surface area contributed by atoms with Gasteiger partial charge in [0.15, 0.2) is 0 Å². The molecule has 0 unspecified atom stereocenters. The molecule has 1 aliphatic rings. The highest BCUT2D eigenvalue weighted by Gasteiger charge is 2.16. The van der Waals surface area contributed by atoms with E-state index in [0.717, 1.165) is 5.75 Å². The van der Waals surface area contributed by atoms with Crippen LogP contribution in [-0.2, 0) is 9.53 Å². The molecular formula is C13H18N2O3. The Balaban J connectivity index is 1.71. The summed E-state index contributed by atoms with van der Waals surface area (Å²) in [5.41, 5.74) is 6.27. The number of rotatable bonds is 4. The molecule has 0 aliphatic carbocycles. The Labute approximate surface area is 106 Å². The van der Waals surface area contributed by atoms with E-state index in [-0.39, 0.29) is 5.91 Å². The van der Waals surface area contributed by atoms with E-state index in [0.29, 0.717) is 45.0 Å². The van der Waals surface area contributed by atoms with Gasteiger partial charge in [-0.3, -0.25) is 4.79 Å². The Morgan fingerprint density at radius 3 is 2.61 bits per heavy atom. The van der Waals surface area contributed by atoms with E-state index in [1.54, 1.807) is 24.3 Å². The van der Waals surface area contributed by atoms with Gasteiger partial charge in [0.2, 0.25) is 5.91 Å². The summed E-state index contributed by atoms with van der Waals surface area (Å²) >= 11 is 0. The number of hydrogen-bond donors (Lipinski definition) is 1. The summed E-state index contributed by atoms with van der Waals surface area (Å²) in [7, 11) is 0. The van der Waals surface area contributed by atoms with Gasteiger partial charge < -0.3 is 20.1 Å². The third kappa shape index (κ3) is 3.63. The molecule has 1 saturated heterocycles. The van der Waals surface area contributed by atoms with E-state index >= 15 is 0 Å². The maximum atomic E-state index is 11.8. The lowest BCUT2D eigenvalue weighted by Crippen LogP contribution is -2.41. The van der Waals surface area contributed by atoms with Gasteiger partial charge in [-0.15, -0.1) is 0 Å². The van der Waals surface area contributed by atoms with Gasteiger partial charge in [-0.05, 0) is 24.3 Å². The van der Waals surface area contributed by atoms with Gasteiger partial charge in [0.05, 0.1) is 26.2 Å². The number of carbonyl (C=O) groups excluding carboxylic acids is 1. The van der Waals surface area contributed by atoms with Crippen LogP contribution in [0.4, 0.5) is 5.69 Å². The van der Waals surface area contributed by atoms with Crippen LogP contribution in [0.1, 0.15) is 6.42 Å². The zero-order valence-electron chi connectivity index (χ0n) is 10.3. The average Bonchev–Trinajstić information content (AvgIpc) is 2.42. The first kappa shape index (κ1) is 12.7. The molecule has 0 bridgehead atoms. The van der Waals surface area contributed by atoms with Gasteiger partial charge in [-0.1, -0.05) is 0 Å². The van der Waals surface area contributed by atoms with Crippen LogP contribution in [0.3, 0.4) is 0 Å². The van der Waals surface area contributed by atoms with Crippen LogP contribution in [0.5, 0.6) is 5.75 Å². The van der Waals surface area contributed by atoms with E-state index in [1.165, 1.54) is 0 Å². The monoisotopic (exact) mass is 250 g/mol. The van der Waals surface area contributed by atoms with Gasteiger partial charge in [0.1, 0.15) is 5.75 Å². The Morgan fingerprint density at radius 2 is 1.94 bits per heavy atom. The Morgan fingerprint density at radius 1 is 1.28 bits per heavy atom. The van der Waals surface area contributed by atoms with E-state index in [4.69, 9.17) is 15.2 Å². The highest BCUT2D eigenvalue weighted by molar-refractivity contribution is 5.76. The highest BCUT2D eigenvalue weighted by atomic mass is 16.5. The van der Waals surface area contributed by atoms with Crippen molar-refractivity contribution in [3.05, 3.63) is 24.3 Å². The molecule has 0 radical (unpaired) electrons. The van der Waals surface area contributed by atoms with Crippen molar-refractivity contribution >= 4 is 11.6 Å². The quantitative estimate of drug-likeness (QED) is 0.806. The molecule has 1 heterocycles.